The molecule has 2 unspecified atom stereocenters. The average Bonchev–Trinajstić information content (AvgIpc) is 3.18. The molecular weight excluding hydrogens is 732 g/mol. The minimum Gasteiger partial charge on any atom is -0.462 e. The second kappa shape index (κ2) is 42.8. The normalized spacial score (nSPS) is 12.7. The largest absolute Gasteiger partial charge is 0.462 e. The van der Waals surface area contributed by atoms with Gasteiger partial charge in [-0.3, -0.25) is 9.59 Å². The highest BCUT2D eigenvalue weighted by atomic mass is 31.2. The van der Waals surface area contributed by atoms with Gasteiger partial charge >= 0.3 is 11.9 Å². The van der Waals surface area contributed by atoms with Gasteiger partial charge in [0.1, 0.15) is 6.61 Å². The molecule has 0 saturated heterocycles. The van der Waals surface area contributed by atoms with Gasteiger partial charge < -0.3 is 18.5 Å². The second-order valence-electron chi connectivity index (χ2n) is 17.0. The van der Waals surface area contributed by atoms with Crippen LogP contribution in [0.1, 0.15) is 253 Å². The molecule has 0 rings (SSSR count). The van der Waals surface area contributed by atoms with Crippen molar-refractivity contribution in [3.8, 4) is 6.07 Å². The number of nitrogens with zero attached hydrogens (tertiary/aromatic N) is 2. The molecule has 0 aliphatic heterocycles. The minimum atomic E-state index is -1.50. The molecular formula is C48H93N2O6P. The molecule has 0 saturated carbocycles. The molecule has 0 amide bonds. The lowest BCUT2D eigenvalue weighted by Gasteiger charge is -2.36. The van der Waals surface area contributed by atoms with Crippen LogP contribution in [0.2, 0.25) is 0 Å². The van der Waals surface area contributed by atoms with Gasteiger partial charge in [0.2, 0.25) is 0 Å². The summed E-state index contributed by atoms with van der Waals surface area (Å²) in [6, 6.07) is 2.43. The van der Waals surface area contributed by atoms with Crippen LogP contribution in [0, 0.1) is 11.3 Å². The van der Waals surface area contributed by atoms with Crippen LogP contribution in [0.4, 0.5) is 0 Å². The van der Waals surface area contributed by atoms with Crippen molar-refractivity contribution in [3.05, 3.63) is 0 Å². The SMILES string of the molecule is CCCCCCCCCCCCCCCCCC(=O)OCC(COP(OCCC#N)N(C(C)C)C(C)C)OC(=O)CCCCCCCCCCCCCCCCC. The van der Waals surface area contributed by atoms with Gasteiger partial charge in [0, 0.05) is 24.9 Å². The molecule has 0 spiro atoms. The van der Waals surface area contributed by atoms with E-state index in [0.717, 1.165) is 38.5 Å². The van der Waals surface area contributed by atoms with E-state index in [1.165, 1.54) is 154 Å². The fourth-order valence-corrected chi connectivity index (χ4v) is 9.00. The Morgan fingerprint density at radius 1 is 0.509 bits per heavy atom. The maximum Gasteiger partial charge on any atom is 0.306 e. The summed E-state index contributed by atoms with van der Waals surface area (Å²) in [6.07, 6.45) is 38.6. The number of ether oxygens (including phenoxy) is 2. The van der Waals surface area contributed by atoms with Gasteiger partial charge in [-0.05, 0) is 40.5 Å². The smallest absolute Gasteiger partial charge is 0.306 e. The van der Waals surface area contributed by atoms with E-state index in [-0.39, 0.29) is 50.3 Å². The first-order valence-electron chi connectivity index (χ1n) is 24.3. The highest BCUT2D eigenvalue weighted by molar-refractivity contribution is 7.44. The van der Waals surface area contributed by atoms with Crippen LogP contribution < -0.4 is 0 Å². The van der Waals surface area contributed by atoms with Crippen LogP contribution in [-0.4, -0.2) is 54.6 Å². The summed E-state index contributed by atoms with van der Waals surface area (Å²) in [5, 5.41) is 9.08. The Balaban J connectivity index is 4.60. The van der Waals surface area contributed by atoms with Gasteiger partial charge in [0.15, 0.2) is 6.10 Å². The molecule has 0 aliphatic carbocycles. The molecule has 9 heteroatoms. The number of nitriles is 1. The van der Waals surface area contributed by atoms with E-state index in [1.807, 2.05) is 0 Å². The number of carbonyl (C=O) groups is 2. The maximum atomic E-state index is 13.0. The molecule has 0 radical (unpaired) electrons. The predicted molar refractivity (Wildman–Crippen MR) is 241 cm³/mol. The lowest BCUT2D eigenvalue weighted by Crippen LogP contribution is -2.35. The number of hydrogen-bond acceptors (Lipinski definition) is 8. The monoisotopic (exact) mass is 825 g/mol. The number of rotatable bonds is 44. The van der Waals surface area contributed by atoms with E-state index in [1.54, 1.807) is 0 Å². The summed E-state index contributed by atoms with van der Waals surface area (Å²) in [6.45, 7) is 13.2. The molecule has 0 heterocycles. The summed E-state index contributed by atoms with van der Waals surface area (Å²) >= 11 is 0. The van der Waals surface area contributed by atoms with Gasteiger partial charge in [-0.1, -0.05) is 194 Å². The van der Waals surface area contributed by atoms with Crippen LogP contribution in [0.15, 0.2) is 0 Å². The molecule has 2 atom stereocenters. The average molecular weight is 825 g/mol. The Bertz CT molecular complexity index is 921. The first-order chi connectivity index (χ1) is 27.8. The molecule has 0 aromatic carbocycles. The van der Waals surface area contributed by atoms with E-state index in [4.69, 9.17) is 23.8 Å². The maximum absolute atomic E-state index is 13.0. The number of unbranched alkanes of at least 4 members (excludes halogenated alkanes) is 28. The van der Waals surface area contributed by atoms with Crippen molar-refractivity contribution < 1.29 is 28.1 Å². The molecule has 0 bridgehead atoms. The second-order valence-corrected chi connectivity index (χ2v) is 18.5. The van der Waals surface area contributed by atoms with E-state index in [2.05, 4.69) is 52.3 Å². The zero-order valence-corrected chi connectivity index (χ0v) is 39.4. The summed E-state index contributed by atoms with van der Waals surface area (Å²) in [5.41, 5.74) is 0. The third-order valence-corrected chi connectivity index (χ3v) is 12.8. The lowest BCUT2D eigenvalue weighted by atomic mass is 10.0. The fraction of sp³-hybridized carbons (Fsp3) is 0.938. The Morgan fingerprint density at radius 3 is 1.21 bits per heavy atom. The highest BCUT2D eigenvalue weighted by Crippen LogP contribution is 2.46. The Labute approximate surface area is 355 Å². The van der Waals surface area contributed by atoms with Crippen molar-refractivity contribution in [1.29, 1.82) is 5.26 Å². The third-order valence-electron chi connectivity index (χ3n) is 10.7. The van der Waals surface area contributed by atoms with Crippen LogP contribution in [0.3, 0.4) is 0 Å². The van der Waals surface area contributed by atoms with Crippen LogP contribution in [0.25, 0.3) is 0 Å². The topological polar surface area (TPSA) is 98.1 Å². The van der Waals surface area contributed by atoms with E-state index < -0.39 is 14.6 Å². The van der Waals surface area contributed by atoms with Crippen LogP contribution in [0.5, 0.6) is 0 Å². The third kappa shape index (κ3) is 37.5. The van der Waals surface area contributed by atoms with Gasteiger partial charge in [-0.15, -0.1) is 0 Å². The standard InChI is InChI=1S/C48H93N2O6P/c1-7-9-11-13-15-17-19-21-23-25-27-29-31-33-35-38-47(51)53-42-46(43-55-57(54-41-37-40-49)50(44(3)4)45(5)6)56-48(52)39-36-34-32-30-28-26-24-22-20-18-16-14-12-10-8-2/h44-46H,7-39,41-43H2,1-6H3. The molecule has 336 valence electrons. The van der Waals surface area contributed by atoms with Crippen LogP contribution in [-0.2, 0) is 28.1 Å². The summed E-state index contributed by atoms with van der Waals surface area (Å²) in [7, 11) is -1.50. The van der Waals surface area contributed by atoms with Gasteiger partial charge in [0.05, 0.1) is 25.7 Å². The number of carbonyl (C=O) groups excluding carboxylic acids is 2. The Kier molecular flexibility index (Phi) is 41.9. The zero-order valence-electron chi connectivity index (χ0n) is 38.5. The molecule has 0 aromatic rings. The summed E-state index contributed by atoms with van der Waals surface area (Å²) < 4.78 is 26.0. The number of esters is 2. The van der Waals surface area contributed by atoms with E-state index >= 15 is 0 Å². The highest BCUT2D eigenvalue weighted by Gasteiger charge is 2.29. The molecule has 0 N–H and O–H groups in total. The molecule has 8 nitrogen and oxygen atoms in total. The predicted octanol–water partition coefficient (Wildman–Crippen LogP) is 15.3. The van der Waals surface area contributed by atoms with Crippen molar-refractivity contribution in [3.63, 3.8) is 0 Å². The van der Waals surface area contributed by atoms with Crippen molar-refractivity contribution >= 4 is 20.5 Å². The fourth-order valence-electron chi connectivity index (χ4n) is 7.36. The quantitative estimate of drug-likeness (QED) is 0.0340. The lowest BCUT2D eigenvalue weighted by molar-refractivity contribution is -0.161. The summed E-state index contributed by atoms with van der Waals surface area (Å²) in [4.78, 5) is 25.7. The van der Waals surface area contributed by atoms with E-state index in [9.17, 15) is 9.59 Å². The first-order valence-corrected chi connectivity index (χ1v) is 25.5. The molecule has 57 heavy (non-hydrogen) atoms. The Hall–Kier alpha value is -1.26. The van der Waals surface area contributed by atoms with Gasteiger partial charge in [-0.2, -0.15) is 5.26 Å². The molecule has 0 fully saturated rings. The molecule has 0 aromatic heterocycles. The van der Waals surface area contributed by atoms with Gasteiger partial charge in [-0.25, -0.2) is 4.67 Å². The van der Waals surface area contributed by atoms with Crippen molar-refractivity contribution in [2.45, 2.75) is 272 Å². The van der Waals surface area contributed by atoms with Crippen LogP contribution >= 0.6 is 8.53 Å². The Morgan fingerprint density at radius 2 is 0.860 bits per heavy atom. The van der Waals surface area contributed by atoms with Gasteiger partial charge in [0.25, 0.3) is 8.53 Å². The summed E-state index contributed by atoms with van der Waals surface area (Å²) in [5.74, 6) is -0.539. The van der Waals surface area contributed by atoms with Crippen molar-refractivity contribution in [1.82, 2.24) is 4.67 Å². The van der Waals surface area contributed by atoms with E-state index in [0.29, 0.717) is 12.8 Å². The van der Waals surface area contributed by atoms with Crippen molar-refractivity contribution in [2.24, 2.45) is 0 Å². The zero-order chi connectivity index (χ0) is 42.0. The minimum absolute atomic E-state index is 0.0348. The molecule has 0 aliphatic rings. The number of hydrogen-bond donors (Lipinski definition) is 0. The first kappa shape index (κ1) is 55.7. The van der Waals surface area contributed by atoms with Crippen molar-refractivity contribution in [2.75, 3.05) is 19.8 Å².